The summed E-state index contributed by atoms with van der Waals surface area (Å²) in [7, 11) is 3.74. The summed E-state index contributed by atoms with van der Waals surface area (Å²) in [6.07, 6.45) is 3.59. The highest BCUT2D eigenvalue weighted by Crippen LogP contribution is 2.47. The summed E-state index contributed by atoms with van der Waals surface area (Å²) in [5, 5.41) is 0.926. The zero-order chi connectivity index (χ0) is 24.9. The number of hydrogen-bond acceptors (Lipinski definition) is 5. The van der Waals surface area contributed by atoms with Crippen LogP contribution in [0.1, 0.15) is 12.5 Å². The van der Waals surface area contributed by atoms with E-state index in [2.05, 4.69) is 4.98 Å². The Morgan fingerprint density at radius 3 is 2.57 bits per heavy atom. The van der Waals surface area contributed by atoms with Crippen LogP contribution < -0.4 is 16.0 Å². The van der Waals surface area contributed by atoms with Crippen molar-refractivity contribution in [3.63, 3.8) is 0 Å². The standard InChI is InChI=1S/C27H25ClN4O2S/c1-5-34-17-8-6-7-16(11-17)23-15(2)27(33)32(4)19-12-18(29)24(21-9-10-22(28)35-21)26(25(19)23)20-13-30-14-31(20)3/h6-14H,5,29H2,1-4H3. The molecule has 3 heterocycles. The molecule has 0 aliphatic heterocycles. The normalized spacial score (nSPS) is 11.3. The van der Waals surface area contributed by atoms with Crippen LogP contribution in [0, 0.1) is 6.92 Å². The number of hydrogen-bond donors (Lipinski definition) is 1. The Morgan fingerprint density at radius 2 is 1.91 bits per heavy atom. The van der Waals surface area contributed by atoms with E-state index in [1.54, 1.807) is 17.9 Å². The first kappa shape index (κ1) is 23.2. The van der Waals surface area contributed by atoms with Crippen molar-refractivity contribution < 1.29 is 4.74 Å². The molecule has 0 atom stereocenters. The van der Waals surface area contributed by atoms with Crippen LogP contribution in [-0.2, 0) is 14.1 Å². The van der Waals surface area contributed by atoms with Crippen molar-refractivity contribution in [2.45, 2.75) is 13.8 Å². The molecule has 0 unspecified atom stereocenters. The molecule has 2 aromatic carbocycles. The first-order valence-electron chi connectivity index (χ1n) is 11.2. The van der Waals surface area contributed by atoms with Gasteiger partial charge in [0.25, 0.3) is 5.56 Å². The summed E-state index contributed by atoms with van der Waals surface area (Å²) in [6.45, 7) is 4.38. The van der Waals surface area contributed by atoms with Crippen molar-refractivity contribution in [1.82, 2.24) is 14.1 Å². The van der Waals surface area contributed by atoms with Crippen molar-refractivity contribution in [1.29, 1.82) is 0 Å². The average molecular weight is 505 g/mol. The summed E-state index contributed by atoms with van der Waals surface area (Å²) in [6, 6.07) is 13.6. The van der Waals surface area contributed by atoms with Gasteiger partial charge in [0.05, 0.1) is 34.7 Å². The molecule has 178 valence electrons. The topological polar surface area (TPSA) is 75.1 Å². The van der Waals surface area contributed by atoms with E-state index in [-0.39, 0.29) is 5.56 Å². The molecule has 3 aromatic heterocycles. The highest BCUT2D eigenvalue weighted by atomic mass is 35.5. The minimum atomic E-state index is -0.0726. The number of pyridine rings is 1. The number of halogens is 1. The number of benzene rings is 2. The predicted molar refractivity (Wildman–Crippen MR) is 145 cm³/mol. The molecule has 0 bridgehead atoms. The monoisotopic (exact) mass is 504 g/mol. The largest absolute Gasteiger partial charge is 0.494 e. The number of imidazole rings is 1. The number of rotatable bonds is 5. The molecular weight excluding hydrogens is 480 g/mol. The molecule has 8 heteroatoms. The van der Waals surface area contributed by atoms with Gasteiger partial charge in [-0.25, -0.2) is 4.98 Å². The summed E-state index contributed by atoms with van der Waals surface area (Å²) in [5.74, 6) is 0.751. The molecule has 0 aliphatic rings. The van der Waals surface area contributed by atoms with E-state index in [1.165, 1.54) is 11.3 Å². The molecule has 0 radical (unpaired) electrons. The number of fused-ring (bicyclic) bond motifs is 1. The maximum Gasteiger partial charge on any atom is 0.254 e. The molecular formula is C27H25ClN4O2S. The molecule has 0 amide bonds. The fraction of sp³-hybridized carbons (Fsp3) is 0.185. The van der Waals surface area contributed by atoms with Crippen LogP contribution in [0.2, 0.25) is 4.34 Å². The molecule has 5 aromatic rings. The summed E-state index contributed by atoms with van der Waals surface area (Å²) < 4.78 is 10.1. The minimum Gasteiger partial charge on any atom is -0.494 e. The zero-order valence-corrected chi connectivity index (χ0v) is 21.5. The second-order valence-electron chi connectivity index (χ2n) is 8.43. The lowest BCUT2D eigenvalue weighted by molar-refractivity contribution is 0.340. The van der Waals surface area contributed by atoms with E-state index in [0.717, 1.165) is 49.5 Å². The molecule has 0 aliphatic carbocycles. The summed E-state index contributed by atoms with van der Waals surface area (Å²) in [5.41, 5.74) is 13.0. The maximum atomic E-state index is 13.4. The second kappa shape index (κ2) is 8.91. The van der Waals surface area contributed by atoms with Crippen molar-refractivity contribution in [3.8, 4) is 38.6 Å². The number of nitrogen functional groups attached to an aromatic ring is 1. The van der Waals surface area contributed by atoms with Crippen molar-refractivity contribution in [2.75, 3.05) is 12.3 Å². The fourth-order valence-electron chi connectivity index (χ4n) is 4.70. The Kier molecular flexibility index (Phi) is 5.91. The number of aromatic nitrogens is 3. The number of ether oxygens (including phenoxy) is 1. The van der Waals surface area contributed by atoms with Crippen molar-refractivity contribution in [3.05, 3.63) is 75.2 Å². The molecule has 6 nitrogen and oxygen atoms in total. The Hall–Kier alpha value is -3.55. The van der Waals surface area contributed by atoms with Gasteiger partial charge in [-0.05, 0) is 49.7 Å². The molecule has 0 fully saturated rings. The first-order valence-corrected chi connectivity index (χ1v) is 12.4. The maximum absolute atomic E-state index is 13.4. The number of anilines is 1. The number of nitrogens with zero attached hydrogens (tertiary/aromatic N) is 3. The van der Waals surface area contributed by atoms with Gasteiger partial charge in [0.1, 0.15) is 5.75 Å². The smallest absolute Gasteiger partial charge is 0.254 e. The van der Waals surface area contributed by atoms with E-state index in [4.69, 9.17) is 22.1 Å². The third-order valence-corrected chi connectivity index (χ3v) is 7.52. The quantitative estimate of drug-likeness (QED) is 0.286. The van der Waals surface area contributed by atoms with Gasteiger partial charge in [-0.2, -0.15) is 0 Å². The van der Waals surface area contributed by atoms with Gasteiger partial charge in [0.15, 0.2) is 0 Å². The molecule has 0 saturated heterocycles. The molecule has 2 N–H and O–H groups in total. The van der Waals surface area contributed by atoms with Gasteiger partial charge in [-0.15, -0.1) is 11.3 Å². The van der Waals surface area contributed by atoms with Crippen LogP contribution in [0.5, 0.6) is 5.75 Å². The van der Waals surface area contributed by atoms with Gasteiger partial charge in [0.2, 0.25) is 0 Å². The highest BCUT2D eigenvalue weighted by Gasteiger charge is 2.25. The highest BCUT2D eigenvalue weighted by molar-refractivity contribution is 7.19. The summed E-state index contributed by atoms with van der Waals surface area (Å²) >= 11 is 7.81. The van der Waals surface area contributed by atoms with Crippen LogP contribution >= 0.6 is 22.9 Å². The molecule has 0 spiro atoms. The predicted octanol–water partition coefficient (Wildman–Crippen LogP) is 6.28. The van der Waals surface area contributed by atoms with E-state index in [0.29, 0.717) is 22.2 Å². The Bertz CT molecular complexity index is 1650. The third-order valence-electron chi connectivity index (χ3n) is 6.27. The number of aryl methyl sites for hydroxylation is 2. The fourth-order valence-corrected chi connectivity index (χ4v) is 5.82. The SMILES string of the molecule is CCOc1cccc(-c2c(C)c(=O)n(C)c3cc(N)c(-c4ccc(Cl)s4)c(-c4cncn4C)c23)c1. The number of thiophene rings is 1. The van der Waals surface area contributed by atoms with Gasteiger partial charge in [-0.1, -0.05) is 23.7 Å². The minimum absolute atomic E-state index is 0.0726. The van der Waals surface area contributed by atoms with Crippen LogP contribution in [-0.4, -0.2) is 20.7 Å². The van der Waals surface area contributed by atoms with E-state index >= 15 is 0 Å². The lowest BCUT2D eigenvalue weighted by Gasteiger charge is -2.21. The van der Waals surface area contributed by atoms with Gasteiger partial charge < -0.3 is 19.6 Å². The van der Waals surface area contributed by atoms with E-state index in [9.17, 15) is 4.79 Å². The van der Waals surface area contributed by atoms with Gasteiger partial charge in [0, 0.05) is 52.3 Å². The Morgan fingerprint density at radius 1 is 1.11 bits per heavy atom. The summed E-state index contributed by atoms with van der Waals surface area (Å²) in [4.78, 5) is 18.7. The Balaban J connectivity index is 2.03. The zero-order valence-electron chi connectivity index (χ0n) is 19.9. The van der Waals surface area contributed by atoms with Crippen molar-refractivity contribution in [2.24, 2.45) is 14.1 Å². The van der Waals surface area contributed by atoms with E-state index in [1.807, 2.05) is 74.1 Å². The third kappa shape index (κ3) is 3.81. The first-order chi connectivity index (χ1) is 16.8. The Labute approximate surface area is 212 Å². The number of nitrogens with two attached hydrogens (primary N) is 1. The molecule has 0 saturated carbocycles. The van der Waals surface area contributed by atoms with Crippen LogP contribution in [0.4, 0.5) is 5.69 Å². The van der Waals surface area contributed by atoms with Crippen LogP contribution in [0.3, 0.4) is 0 Å². The van der Waals surface area contributed by atoms with Crippen LogP contribution in [0.15, 0.2) is 59.8 Å². The molecule has 5 rings (SSSR count). The lowest BCUT2D eigenvalue weighted by atomic mass is 9.88. The molecule has 35 heavy (non-hydrogen) atoms. The lowest BCUT2D eigenvalue weighted by Crippen LogP contribution is -2.21. The van der Waals surface area contributed by atoms with Gasteiger partial charge >= 0.3 is 0 Å². The average Bonchev–Trinajstić information content (AvgIpc) is 3.46. The van der Waals surface area contributed by atoms with Crippen LogP contribution in [0.25, 0.3) is 43.7 Å². The van der Waals surface area contributed by atoms with E-state index < -0.39 is 0 Å². The van der Waals surface area contributed by atoms with Gasteiger partial charge in [-0.3, -0.25) is 4.79 Å². The second-order valence-corrected chi connectivity index (χ2v) is 10.1. The van der Waals surface area contributed by atoms with Crippen molar-refractivity contribution >= 4 is 39.5 Å².